The number of hydrogen-bond acceptors (Lipinski definition) is 6. The van der Waals surface area contributed by atoms with Gasteiger partial charge in [0.1, 0.15) is 5.75 Å². The third-order valence-electron chi connectivity index (χ3n) is 3.57. The Hall–Kier alpha value is -3.27. The molecular formula is C19H19BrN4O5. The minimum absolute atomic E-state index is 0.0899. The summed E-state index contributed by atoms with van der Waals surface area (Å²) in [5.41, 5.74) is 3.91. The first-order valence-electron chi connectivity index (χ1n) is 8.50. The van der Waals surface area contributed by atoms with E-state index in [9.17, 15) is 19.7 Å². The maximum absolute atomic E-state index is 12.0. The molecule has 0 saturated carbocycles. The highest BCUT2D eigenvalue weighted by molar-refractivity contribution is 9.10. The molecule has 0 atom stereocenters. The number of non-ortho nitro benzene ring substituents is 1. The van der Waals surface area contributed by atoms with E-state index >= 15 is 0 Å². The summed E-state index contributed by atoms with van der Waals surface area (Å²) in [5.74, 6) is -0.362. The number of hydrazone groups is 1. The van der Waals surface area contributed by atoms with Crippen molar-refractivity contribution in [2.75, 3.05) is 11.9 Å². The molecule has 2 aromatic carbocycles. The van der Waals surface area contributed by atoms with E-state index in [0.717, 1.165) is 10.0 Å². The first-order chi connectivity index (χ1) is 13.7. The Bertz CT molecular complexity index is 961. The molecule has 2 rings (SSSR count). The van der Waals surface area contributed by atoms with Gasteiger partial charge >= 0.3 is 0 Å². The summed E-state index contributed by atoms with van der Waals surface area (Å²) in [7, 11) is 0. The highest BCUT2D eigenvalue weighted by atomic mass is 79.9. The second kappa shape index (κ2) is 10.3. The zero-order chi connectivity index (χ0) is 21.4. The molecule has 0 aromatic heterocycles. The molecule has 10 heteroatoms. The zero-order valence-corrected chi connectivity index (χ0v) is 17.4. The van der Waals surface area contributed by atoms with E-state index in [0.29, 0.717) is 17.1 Å². The van der Waals surface area contributed by atoms with E-state index < -0.39 is 16.7 Å². The van der Waals surface area contributed by atoms with Crippen LogP contribution in [0.2, 0.25) is 0 Å². The molecule has 9 nitrogen and oxygen atoms in total. The van der Waals surface area contributed by atoms with Crippen LogP contribution in [0.1, 0.15) is 18.9 Å². The van der Waals surface area contributed by atoms with E-state index in [4.69, 9.17) is 4.74 Å². The molecule has 29 heavy (non-hydrogen) atoms. The lowest BCUT2D eigenvalue weighted by Gasteiger charge is -2.08. The number of rotatable bonds is 8. The Morgan fingerprint density at radius 2 is 1.97 bits per heavy atom. The number of halogens is 1. The number of nitro benzene ring substituents is 1. The number of carbonyl (C=O) groups excluding carboxylic acids is 2. The van der Waals surface area contributed by atoms with Gasteiger partial charge in [-0.25, -0.2) is 5.43 Å². The van der Waals surface area contributed by atoms with Crippen molar-refractivity contribution in [2.24, 2.45) is 5.10 Å². The van der Waals surface area contributed by atoms with Crippen molar-refractivity contribution in [3.05, 3.63) is 62.6 Å². The summed E-state index contributed by atoms with van der Waals surface area (Å²) in [5, 5.41) is 17.2. The number of anilines is 1. The Balaban J connectivity index is 1.81. The molecule has 2 aromatic rings. The topological polar surface area (TPSA) is 123 Å². The van der Waals surface area contributed by atoms with Crippen LogP contribution in [0.25, 0.3) is 0 Å². The maximum Gasteiger partial charge on any atom is 0.277 e. The molecular weight excluding hydrogens is 444 g/mol. The zero-order valence-electron chi connectivity index (χ0n) is 15.8. The van der Waals surface area contributed by atoms with Gasteiger partial charge < -0.3 is 10.1 Å². The van der Waals surface area contributed by atoms with Crippen LogP contribution in [0.15, 0.2) is 52.0 Å². The molecule has 0 unspecified atom stereocenters. The molecule has 0 spiro atoms. The number of nitrogens with one attached hydrogen (secondary N) is 2. The summed E-state index contributed by atoms with van der Waals surface area (Å²) >= 11 is 3.36. The lowest BCUT2D eigenvalue weighted by atomic mass is 10.2. The van der Waals surface area contributed by atoms with Crippen molar-refractivity contribution in [3.63, 3.8) is 0 Å². The van der Waals surface area contributed by atoms with Crippen LogP contribution < -0.4 is 15.5 Å². The number of benzene rings is 2. The van der Waals surface area contributed by atoms with Crippen molar-refractivity contribution in [1.82, 2.24) is 5.43 Å². The van der Waals surface area contributed by atoms with Gasteiger partial charge in [0.25, 0.3) is 11.6 Å². The maximum atomic E-state index is 12.0. The van der Waals surface area contributed by atoms with Crippen LogP contribution in [-0.4, -0.2) is 29.1 Å². The summed E-state index contributed by atoms with van der Waals surface area (Å²) in [6.07, 6.45) is -0.0899. The molecule has 0 aliphatic rings. The van der Waals surface area contributed by atoms with E-state index in [1.54, 1.807) is 19.1 Å². The Kier molecular flexibility index (Phi) is 7.84. The first kappa shape index (κ1) is 22.0. The van der Waals surface area contributed by atoms with Crippen LogP contribution in [0.5, 0.6) is 5.75 Å². The van der Waals surface area contributed by atoms with Crippen LogP contribution in [0.4, 0.5) is 11.4 Å². The average Bonchev–Trinajstić information content (AvgIpc) is 2.65. The van der Waals surface area contributed by atoms with Gasteiger partial charge in [-0.1, -0.05) is 12.1 Å². The van der Waals surface area contributed by atoms with Crippen LogP contribution in [0.3, 0.4) is 0 Å². The normalized spacial score (nSPS) is 10.9. The number of nitro groups is 1. The number of ether oxygens (including phenoxy) is 1. The van der Waals surface area contributed by atoms with E-state index in [1.165, 1.54) is 18.2 Å². The standard InChI is InChI=1S/C19H19BrN4O5/c1-12-6-7-17(16(20)8-12)29-11-19(26)23-22-13(2)9-18(25)21-14-4-3-5-15(10-14)24(27)28/h3-8,10H,9,11H2,1-2H3,(H,21,25)(H,23,26)/b22-13-. The van der Waals surface area contributed by atoms with Crippen molar-refractivity contribution in [2.45, 2.75) is 20.3 Å². The Labute approximate surface area is 175 Å². The Morgan fingerprint density at radius 1 is 1.21 bits per heavy atom. The number of nitrogens with zero attached hydrogens (tertiary/aromatic N) is 2. The van der Waals surface area contributed by atoms with Gasteiger partial charge in [0.2, 0.25) is 5.91 Å². The van der Waals surface area contributed by atoms with Gasteiger partial charge in [-0.05, 0) is 53.5 Å². The minimum Gasteiger partial charge on any atom is -0.483 e. The highest BCUT2D eigenvalue weighted by Gasteiger charge is 2.10. The van der Waals surface area contributed by atoms with Crippen molar-refractivity contribution in [1.29, 1.82) is 0 Å². The Morgan fingerprint density at radius 3 is 2.66 bits per heavy atom. The van der Waals surface area contributed by atoms with Gasteiger partial charge in [0.05, 0.1) is 15.8 Å². The van der Waals surface area contributed by atoms with E-state index in [2.05, 4.69) is 31.8 Å². The van der Waals surface area contributed by atoms with Gasteiger partial charge in [-0.2, -0.15) is 5.10 Å². The number of hydrogen-bond donors (Lipinski definition) is 2. The smallest absolute Gasteiger partial charge is 0.277 e. The molecule has 2 amide bonds. The van der Waals surface area contributed by atoms with Crippen LogP contribution >= 0.6 is 15.9 Å². The fourth-order valence-electron chi connectivity index (χ4n) is 2.23. The second-order valence-electron chi connectivity index (χ2n) is 6.14. The molecule has 152 valence electrons. The van der Waals surface area contributed by atoms with E-state index in [1.807, 2.05) is 19.1 Å². The number of aryl methyl sites for hydroxylation is 1. The fraction of sp³-hybridized carbons (Fsp3) is 0.211. The third kappa shape index (κ3) is 7.34. The fourth-order valence-corrected chi connectivity index (χ4v) is 2.84. The molecule has 0 bridgehead atoms. The van der Waals surface area contributed by atoms with Gasteiger partial charge in [0, 0.05) is 23.5 Å². The number of amides is 2. The van der Waals surface area contributed by atoms with Gasteiger partial charge in [-0.15, -0.1) is 0 Å². The van der Waals surface area contributed by atoms with E-state index in [-0.39, 0.29) is 18.7 Å². The van der Waals surface area contributed by atoms with Crippen LogP contribution in [-0.2, 0) is 9.59 Å². The van der Waals surface area contributed by atoms with Crippen molar-refractivity contribution >= 4 is 44.8 Å². The molecule has 0 fully saturated rings. The highest BCUT2D eigenvalue weighted by Crippen LogP contribution is 2.25. The molecule has 0 aliphatic carbocycles. The molecule has 0 radical (unpaired) electrons. The monoisotopic (exact) mass is 462 g/mol. The predicted octanol–water partition coefficient (Wildman–Crippen LogP) is 3.57. The quantitative estimate of drug-likeness (QED) is 0.352. The molecule has 0 saturated heterocycles. The molecule has 0 heterocycles. The SMILES string of the molecule is C/C(CC(=O)Nc1cccc([N+](=O)[O-])c1)=N/NC(=O)COc1ccc(C)cc1Br. The molecule has 0 aliphatic heterocycles. The lowest BCUT2D eigenvalue weighted by molar-refractivity contribution is -0.384. The van der Waals surface area contributed by atoms with Crippen LogP contribution in [0, 0.1) is 17.0 Å². The average molecular weight is 463 g/mol. The van der Waals surface area contributed by atoms with Gasteiger partial charge in [-0.3, -0.25) is 19.7 Å². The first-order valence-corrected chi connectivity index (χ1v) is 9.29. The summed E-state index contributed by atoms with van der Waals surface area (Å²) in [6, 6.07) is 11.1. The minimum atomic E-state index is -0.547. The summed E-state index contributed by atoms with van der Waals surface area (Å²) in [6.45, 7) is 3.27. The number of carbonyl (C=O) groups is 2. The second-order valence-corrected chi connectivity index (χ2v) is 6.99. The largest absolute Gasteiger partial charge is 0.483 e. The van der Waals surface area contributed by atoms with Crippen molar-refractivity contribution < 1.29 is 19.2 Å². The molecule has 2 N–H and O–H groups in total. The summed E-state index contributed by atoms with van der Waals surface area (Å²) in [4.78, 5) is 34.1. The lowest BCUT2D eigenvalue weighted by Crippen LogP contribution is -2.26. The van der Waals surface area contributed by atoms with Crippen molar-refractivity contribution in [3.8, 4) is 5.75 Å². The predicted molar refractivity (Wildman–Crippen MR) is 112 cm³/mol. The third-order valence-corrected chi connectivity index (χ3v) is 4.19. The van der Waals surface area contributed by atoms with Gasteiger partial charge in [0.15, 0.2) is 6.61 Å². The summed E-state index contributed by atoms with van der Waals surface area (Å²) < 4.78 is 6.15.